The fourth-order valence-corrected chi connectivity index (χ4v) is 4.54. The van der Waals surface area contributed by atoms with Gasteiger partial charge >= 0.3 is 0 Å². The summed E-state index contributed by atoms with van der Waals surface area (Å²) in [6.45, 7) is 8.64. The topological polar surface area (TPSA) is 75.4 Å². The highest BCUT2D eigenvalue weighted by Crippen LogP contribution is 2.30. The molecule has 0 aliphatic carbocycles. The molecule has 0 bridgehead atoms. The van der Waals surface area contributed by atoms with Crippen molar-refractivity contribution in [3.05, 3.63) is 89.5 Å². The van der Waals surface area contributed by atoms with Crippen LogP contribution in [0, 0.1) is 6.92 Å². The first-order valence-corrected chi connectivity index (χ1v) is 13.5. The summed E-state index contributed by atoms with van der Waals surface area (Å²) in [7, 11) is 3.98. The van der Waals surface area contributed by atoms with Crippen LogP contribution in [-0.2, 0) is 10.2 Å². The SMILES string of the molecule is Cc1ccc(-n2c(SCC(=O)N/N=C/c3ccc(N(C)C)cc3)nnc2-c2ccc(C(C)(C)C)cc2)cc1. The van der Waals surface area contributed by atoms with Gasteiger partial charge in [0.1, 0.15) is 0 Å². The molecule has 196 valence electrons. The highest BCUT2D eigenvalue weighted by atomic mass is 32.2. The fourth-order valence-electron chi connectivity index (χ4n) is 3.80. The van der Waals surface area contributed by atoms with Crippen LogP contribution in [0.5, 0.6) is 0 Å². The van der Waals surface area contributed by atoms with Gasteiger partial charge in [0, 0.05) is 31.0 Å². The minimum Gasteiger partial charge on any atom is -0.378 e. The molecule has 0 aliphatic rings. The minimum absolute atomic E-state index is 0.0652. The Kier molecular flexibility index (Phi) is 8.32. The molecule has 8 heteroatoms. The van der Waals surface area contributed by atoms with Crippen LogP contribution in [-0.4, -0.2) is 46.7 Å². The number of benzene rings is 3. The van der Waals surface area contributed by atoms with Gasteiger partial charge in [-0.1, -0.05) is 86.6 Å². The van der Waals surface area contributed by atoms with Crippen molar-refractivity contribution in [1.82, 2.24) is 20.2 Å². The lowest BCUT2D eigenvalue weighted by Gasteiger charge is -2.19. The molecule has 0 aliphatic heterocycles. The molecule has 3 aromatic carbocycles. The number of carbonyl (C=O) groups is 1. The van der Waals surface area contributed by atoms with Crippen molar-refractivity contribution in [2.24, 2.45) is 5.10 Å². The first-order valence-electron chi connectivity index (χ1n) is 12.5. The number of rotatable bonds is 8. The number of thioether (sulfide) groups is 1. The summed E-state index contributed by atoms with van der Waals surface area (Å²) >= 11 is 1.33. The molecule has 1 N–H and O–H groups in total. The van der Waals surface area contributed by atoms with E-state index in [0.717, 1.165) is 28.3 Å². The maximum Gasteiger partial charge on any atom is 0.250 e. The molecule has 0 saturated heterocycles. The van der Waals surface area contributed by atoms with Gasteiger partial charge in [-0.05, 0) is 47.7 Å². The van der Waals surface area contributed by atoms with E-state index in [1.165, 1.54) is 22.9 Å². The molecule has 1 aromatic heterocycles. The third kappa shape index (κ3) is 6.69. The molecule has 0 spiro atoms. The molecule has 7 nitrogen and oxygen atoms in total. The zero-order valence-corrected chi connectivity index (χ0v) is 23.6. The first kappa shape index (κ1) is 27.1. The summed E-state index contributed by atoms with van der Waals surface area (Å²) < 4.78 is 2.00. The van der Waals surface area contributed by atoms with Crippen molar-refractivity contribution in [2.75, 3.05) is 24.7 Å². The minimum atomic E-state index is -0.217. The van der Waals surface area contributed by atoms with E-state index < -0.39 is 0 Å². The Hall–Kier alpha value is -3.91. The highest BCUT2D eigenvalue weighted by molar-refractivity contribution is 7.99. The maximum absolute atomic E-state index is 12.5. The largest absolute Gasteiger partial charge is 0.378 e. The average Bonchev–Trinajstić information content (AvgIpc) is 3.32. The average molecular weight is 527 g/mol. The van der Waals surface area contributed by atoms with Crippen LogP contribution in [0.15, 0.2) is 83.1 Å². The predicted molar refractivity (Wildman–Crippen MR) is 157 cm³/mol. The van der Waals surface area contributed by atoms with Crippen molar-refractivity contribution < 1.29 is 4.79 Å². The third-order valence-corrected chi connectivity index (χ3v) is 7.01. The second-order valence-electron chi connectivity index (χ2n) is 10.4. The maximum atomic E-state index is 12.5. The molecule has 4 aromatic rings. The van der Waals surface area contributed by atoms with Crippen LogP contribution in [0.2, 0.25) is 0 Å². The quantitative estimate of drug-likeness (QED) is 0.177. The number of hydrazone groups is 1. The lowest BCUT2D eigenvalue weighted by molar-refractivity contribution is -0.118. The molecule has 0 saturated carbocycles. The van der Waals surface area contributed by atoms with Gasteiger partial charge in [0.05, 0.1) is 12.0 Å². The molecular weight excluding hydrogens is 492 g/mol. The molecular formula is C30H34N6OS. The lowest BCUT2D eigenvalue weighted by atomic mass is 9.87. The molecule has 38 heavy (non-hydrogen) atoms. The third-order valence-electron chi connectivity index (χ3n) is 6.08. The molecule has 0 radical (unpaired) electrons. The lowest BCUT2D eigenvalue weighted by Crippen LogP contribution is -2.20. The van der Waals surface area contributed by atoms with E-state index in [4.69, 9.17) is 0 Å². The van der Waals surface area contributed by atoms with E-state index in [1.807, 2.05) is 60.0 Å². The Bertz CT molecular complexity index is 1400. The van der Waals surface area contributed by atoms with Crippen molar-refractivity contribution in [3.63, 3.8) is 0 Å². The van der Waals surface area contributed by atoms with Crippen molar-refractivity contribution in [2.45, 2.75) is 38.3 Å². The molecule has 0 atom stereocenters. The first-order chi connectivity index (χ1) is 18.1. The zero-order chi connectivity index (χ0) is 27.3. The van der Waals surface area contributed by atoms with E-state index in [-0.39, 0.29) is 17.1 Å². The van der Waals surface area contributed by atoms with Crippen LogP contribution in [0.4, 0.5) is 5.69 Å². The second-order valence-corrected chi connectivity index (χ2v) is 11.3. The van der Waals surface area contributed by atoms with Crippen molar-refractivity contribution in [3.8, 4) is 17.1 Å². The number of aryl methyl sites for hydroxylation is 1. The van der Waals surface area contributed by atoms with Gasteiger partial charge in [-0.3, -0.25) is 9.36 Å². The van der Waals surface area contributed by atoms with E-state index in [0.29, 0.717) is 5.16 Å². The normalized spacial score (nSPS) is 11.6. The highest BCUT2D eigenvalue weighted by Gasteiger charge is 2.19. The number of nitrogens with zero attached hydrogens (tertiary/aromatic N) is 5. The van der Waals surface area contributed by atoms with Crippen LogP contribution in [0.25, 0.3) is 17.1 Å². The zero-order valence-electron chi connectivity index (χ0n) is 22.8. The van der Waals surface area contributed by atoms with E-state index in [2.05, 4.69) is 84.8 Å². The number of anilines is 1. The summed E-state index contributed by atoms with van der Waals surface area (Å²) in [5.74, 6) is 0.672. The van der Waals surface area contributed by atoms with Gasteiger partial charge in [0.15, 0.2) is 11.0 Å². The number of carbonyl (C=O) groups excluding carboxylic acids is 1. The Morgan fingerprint density at radius 2 is 1.63 bits per heavy atom. The standard InChI is InChI=1S/C30H34N6OS/c1-21-7-15-26(16-8-21)36-28(23-11-13-24(14-12-23)30(2,3)4)33-34-29(36)38-20-27(37)32-31-19-22-9-17-25(18-10-22)35(5)6/h7-19H,20H2,1-6H3,(H,32,37)/b31-19+. The number of nitrogens with one attached hydrogen (secondary N) is 1. The number of hydrogen-bond acceptors (Lipinski definition) is 6. The molecule has 1 amide bonds. The summed E-state index contributed by atoms with van der Waals surface area (Å²) in [5.41, 5.74) is 9.01. The smallest absolute Gasteiger partial charge is 0.250 e. The van der Waals surface area contributed by atoms with Gasteiger partial charge in [-0.15, -0.1) is 10.2 Å². The molecule has 0 unspecified atom stereocenters. The van der Waals surface area contributed by atoms with Crippen LogP contribution < -0.4 is 10.3 Å². The Labute approximate surface area is 229 Å². The van der Waals surface area contributed by atoms with Crippen molar-refractivity contribution >= 4 is 29.6 Å². The van der Waals surface area contributed by atoms with E-state index in [9.17, 15) is 4.79 Å². The summed E-state index contributed by atoms with van der Waals surface area (Å²) in [6.07, 6.45) is 1.64. The monoisotopic (exact) mass is 526 g/mol. The molecule has 0 fully saturated rings. The van der Waals surface area contributed by atoms with Crippen molar-refractivity contribution in [1.29, 1.82) is 0 Å². The number of amides is 1. The van der Waals surface area contributed by atoms with E-state index >= 15 is 0 Å². The van der Waals surface area contributed by atoms with Crippen LogP contribution in [0.3, 0.4) is 0 Å². The summed E-state index contributed by atoms with van der Waals surface area (Å²) in [4.78, 5) is 14.6. The van der Waals surface area contributed by atoms with Crippen LogP contribution >= 0.6 is 11.8 Å². The van der Waals surface area contributed by atoms with Gasteiger partial charge in [-0.2, -0.15) is 5.10 Å². The van der Waals surface area contributed by atoms with Gasteiger partial charge < -0.3 is 4.90 Å². The summed E-state index contributed by atoms with van der Waals surface area (Å²) in [5, 5.41) is 13.7. The number of aromatic nitrogens is 3. The van der Waals surface area contributed by atoms with Gasteiger partial charge in [0.2, 0.25) is 0 Å². The van der Waals surface area contributed by atoms with Gasteiger partial charge in [-0.25, -0.2) is 5.43 Å². The molecule has 4 rings (SSSR count). The Morgan fingerprint density at radius 3 is 2.24 bits per heavy atom. The van der Waals surface area contributed by atoms with E-state index in [1.54, 1.807) is 6.21 Å². The molecule has 1 heterocycles. The predicted octanol–water partition coefficient (Wildman–Crippen LogP) is 5.85. The van der Waals surface area contributed by atoms with Crippen LogP contribution in [0.1, 0.15) is 37.5 Å². The van der Waals surface area contributed by atoms with Gasteiger partial charge in [0.25, 0.3) is 5.91 Å². The summed E-state index contributed by atoms with van der Waals surface area (Å²) in [6, 6.07) is 24.6. The number of hydrogen-bond donors (Lipinski definition) is 1. The fraction of sp³-hybridized carbons (Fsp3) is 0.267. The second kappa shape index (κ2) is 11.6. The Balaban J connectivity index is 1.50. The Morgan fingerprint density at radius 1 is 0.974 bits per heavy atom.